The third-order valence-corrected chi connectivity index (χ3v) is 5.47. The van der Waals surface area contributed by atoms with E-state index in [1.807, 2.05) is 6.92 Å². The molecule has 2 rings (SSSR count). The van der Waals surface area contributed by atoms with Crippen LogP contribution in [0.4, 0.5) is 18.3 Å². The smallest absolute Gasteiger partial charge is 0.298 e. The van der Waals surface area contributed by atoms with Crippen LogP contribution in [-0.2, 0) is 9.84 Å². The Morgan fingerprint density at radius 1 is 1.17 bits per heavy atom. The van der Waals surface area contributed by atoms with E-state index in [-0.39, 0.29) is 5.56 Å². The number of aryl methyl sites for hydroxylation is 2. The lowest BCUT2D eigenvalue weighted by molar-refractivity contribution is -0.0436. The van der Waals surface area contributed by atoms with E-state index in [1.54, 1.807) is 6.92 Å². The summed E-state index contributed by atoms with van der Waals surface area (Å²) < 4.78 is 59.8. The van der Waals surface area contributed by atoms with Crippen LogP contribution >= 0.6 is 11.3 Å². The van der Waals surface area contributed by atoms with Gasteiger partial charge in [0.15, 0.2) is 5.13 Å². The van der Waals surface area contributed by atoms with Crippen molar-refractivity contribution < 1.29 is 26.4 Å². The molecule has 0 unspecified atom stereocenters. The molecule has 0 spiro atoms. The number of carbonyl (C=O) groups is 1. The Hall–Kier alpha value is -1.94. The highest BCUT2D eigenvalue weighted by Crippen LogP contribution is 2.30. The first-order valence-corrected chi connectivity index (χ1v) is 8.49. The first-order chi connectivity index (χ1) is 10.5. The Bertz CT molecular complexity index is 821. The van der Waals surface area contributed by atoms with Crippen molar-refractivity contribution in [2.75, 3.05) is 5.32 Å². The number of halogens is 3. The van der Waals surface area contributed by atoms with Crippen molar-refractivity contribution >= 4 is 32.2 Å². The number of anilines is 1. The van der Waals surface area contributed by atoms with E-state index in [0.29, 0.717) is 5.13 Å². The summed E-state index contributed by atoms with van der Waals surface area (Å²) in [5.41, 5.74) is -4.60. The molecular formula is C13H11F3N2O3S2. The second-order valence-electron chi connectivity index (χ2n) is 4.59. The summed E-state index contributed by atoms with van der Waals surface area (Å²) in [5, 5.41) is 2.86. The number of hydrogen-bond donors (Lipinski definition) is 1. The van der Waals surface area contributed by atoms with Gasteiger partial charge in [0.1, 0.15) is 0 Å². The van der Waals surface area contributed by atoms with Gasteiger partial charge in [0.25, 0.3) is 15.7 Å². The van der Waals surface area contributed by atoms with Crippen molar-refractivity contribution in [1.82, 2.24) is 4.98 Å². The molecule has 0 atom stereocenters. The van der Waals surface area contributed by atoms with Crippen LogP contribution in [0.25, 0.3) is 0 Å². The molecule has 0 aliphatic rings. The largest absolute Gasteiger partial charge is 0.501 e. The highest BCUT2D eigenvalue weighted by molar-refractivity contribution is 7.92. The molecule has 0 radical (unpaired) electrons. The number of aromatic nitrogens is 1. The molecule has 1 heterocycles. The summed E-state index contributed by atoms with van der Waals surface area (Å²) in [4.78, 5) is 16.1. The summed E-state index contributed by atoms with van der Waals surface area (Å²) in [6.07, 6.45) is 0. The second kappa shape index (κ2) is 5.93. The summed E-state index contributed by atoms with van der Waals surface area (Å²) in [6, 6.07) is 3.52. The van der Waals surface area contributed by atoms with Gasteiger partial charge in [-0.25, -0.2) is 13.4 Å². The second-order valence-corrected chi connectivity index (χ2v) is 7.73. The molecule has 1 aromatic carbocycles. The molecule has 1 N–H and O–H groups in total. The molecule has 0 saturated carbocycles. The van der Waals surface area contributed by atoms with Gasteiger partial charge in [0.2, 0.25) is 0 Å². The average Bonchev–Trinajstić information content (AvgIpc) is 2.76. The van der Waals surface area contributed by atoms with Crippen LogP contribution in [0.1, 0.15) is 20.9 Å². The molecule has 0 saturated heterocycles. The molecule has 2 aromatic rings. The molecule has 0 bridgehead atoms. The van der Waals surface area contributed by atoms with Crippen LogP contribution in [0, 0.1) is 13.8 Å². The van der Waals surface area contributed by atoms with Crippen LogP contribution in [0.5, 0.6) is 0 Å². The minimum absolute atomic E-state index is 0.0247. The number of thiazole rings is 1. The lowest BCUT2D eigenvalue weighted by Gasteiger charge is -2.08. The minimum Gasteiger partial charge on any atom is -0.298 e. The highest BCUT2D eigenvalue weighted by atomic mass is 32.2. The van der Waals surface area contributed by atoms with Gasteiger partial charge in [-0.15, -0.1) is 11.3 Å². The third kappa shape index (κ3) is 3.53. The fourth-order valence-electron chi connectivity index (χ4n) is 1.61. The van der Waals surface area contributed by atoms with Crippen LogP contribution in [0.3, 0.4) is 0 Å². The number of benzene rings is 1. The zero-order valence-corrected chi connectivity index (χ0v) is 13.6. The Labute approximate surface area is 134 Å². The zero-order valence-electron chi connectivity index (χ0n) is 11.9. The average molecular weight is 364 g/mol. The maximum atomic E-state index is 12.4. The van der Waals surface area contributed by atoms with Gasteiger partial charge in [0, 0.05) is 10.4 Å². The number of nitrogens with one attached hydrogen (secondary N) is 1. The van der Waals surface area contributed by atoms with Gasteiger partial charge >= 0.3 is 5.51 Å². The van der Waals surface area contributed by atoms with E-state index < -0.39 is 26.1 Å². The summed E-state index contributed by atoms with van der Waals surface area (Å²) in [7, 11) is -5.42. The molecule has 1 aromatic heterocycles. The van der Waals surface area contributed by atoms with Crippen molar-refractivity contribution in [3.63, 3.8) is 0 Å². The van der Waals surface area contributed by atoms with Gasteiger partial charge in [-0.3, -0.25) is 10.1 Å². The number of sulfone groups is 1. The summed E-state index contributed by atoms with van der Waals surface area (Å²) in [6.45, 7) is 3.61. The van der Waals surface area contributed by atoms with E-state index in [4.69, 9.17) is 0 Å². The molecule has 0 aliphatic heterocycles. The molecule has 0 aliphatic carbocycles. The van der Waals surface area contributed by atoms with Gasteiger partial charge in [-0.05, 0) is 38.1 Å². The van der Waals surface area contributed by atoms with E-state index in [1.165, 1.54) is 11.3 Å². The van der Waals surface area contributed by atoms with Crippen molar-refractivity contribution in [2.24, 2.45) is 0 Å². The van der Waals surface area contributed by atoms with Crippen LogP contribution in [-0.4, -0.2) is 24.8 Å². The van der Waals surface area contributed by atoms with E-state index in [2.05, 4.69) is 10.3 Å². The van der Waals surface area contributed by atoms with E-state index in [0.717, 1.165) is 34.8 Å². The van der Waals surface area contributed by atoms with Crippen molar-refractivity contribution in [3.05, 3.63) is 40.4 Å². The van der Waals surface area contributed by atoms with E-state index in [9.17, 15) is 26.4 Å². The first-order valence-electron chi connectivity index (χ1n) is 6.19. The normalized spacial score (nSPS) is 12.2. The Balaban J connectivity index is 2.21. The fraction of sp³-hybridized carbons (Fsp3) is 0.231. The van der Waals surface area contributed by atoms with Gasteiger partial charge in [0.05, 0.1) is 10.6 Å². The molecule has 124 valence electrons. The minimum atomic E-state index is -5.42. The molecule has 0 fully saturated rings. The lowest BCUT2D eigenvalue weighted by Crippen LogP contribution is -2.23. The number of nitrogens with zero attached hydrogens (tertiary/aromatic N) is 1. The summed E-state index contributed by atoms with van der Waals surface area (Å²) >= 11 is 1.26. The number of amides is 1. The topological polar surface area (TPSA) is 76.1 Å². The molecule has 5 nitrogen and oxygen atoms in total. The maximum absolute atomic E-state index is 12.4. The maximum Gasteiger partial charge on any atom is 0.501 e. The van der Waals surface area contributed by atoms with Crippen LogP contribution < -0.4 is 5.32 Å². The van der Waals surface area contributed by atoms with E-state index >= 15 is 0 Å². The Kier molecular flexibility index (Phi) is 4.49. The molecular weight excluding hydrogens is 353 g/mol. The van der Waals surface area contributed by atoms with Crippen LogP contribution in [0.15, 0.2) is 29.2 Å². The van der Waals surface area contributed by atoms with Gasteiger partial charge in [-0.1, -0.05) is 0 Å². The Morgan fingerprint density at radius 2 is 1.74 bits per heavy atom. The number of carbonyl (C=O) groups excluding carboxylic acids is 1. The monoisotopic (exact) mass is 364 g/mol. The summed E-state index contributed by atoms with van der Waals surface area (Å²) in [5.74, 6) is -0.588. The quantitative estimate of drug-likeness (QED) is 0.907. The number of alkyl halides is 3. The zero-order chi connectivity index (χ0) is 17.4. The highest BCUT2D eigenvalue weighted by Gasteiger charge is 2.46. The van der Waals surface area contributed by atoms with Gasteiger partial charge in [-0.2, -0.15) is 13.2 Å². The fourth-order valence-corrected chi connectivity index (χ4v) is 3.19. The predicted molar refractivity (Wildman–Crippen MR) is 79.2 cm³/mol. The molecule has 1 amide bonds. The van der Waals surface area contributed by atoms with Crippen LogP contribution in [0.2, 0.25) is 0 Å². The third-order valence-electron chi connectivity index (χ3n) is 2.98. The molecule has 23 heavy (non-hydrogen) atoms. The van der Waals surface area contributed by atoms with Crippen molar-refractivity contribution in [3.8, 4) is 0 Å². The van der Waals surface area contributed by atoms with Crippen molar-refractivity contribution in [1.29, 1.82) is 0 Å². The molecule has 10 heteroatoms. The number of hydrogen-bond acceptors (Lipinski definition) is 5. The first kappa shape index (κ1) is 17.4. The Morgan fingerprint density at radius 3 is 2.17 bits per heavy atom. The van der Waals surface area contributed by atoms with Gasteiger partial charge < -0.3 is 0 Å². The lowest BCUT2D eigenvalue weighted by atomic mass is 10.2. The predicted octanol–water partition coefficient (Wildman–Crippen LogP) is 3.31. The van der Waals surface area contributed by atoms with Crippen molar-refractivity contribution in [2.45, 2.75) is 24.3 Å². The number of rotatable bonds is 3. The SMILES string of the molecule is Cc1nc(NC(=O)c2ccc(S(=O)(=O)C(F)(F)F)cc2)sc1C. The standard InChI is InChI=1S/C13H11F3N2O3S2/c1-7-8(2)22-12(17-7)18-11(19)9-3-5-10(6-4-9)23(20,21)13(14,15)16/h3-6H,1-2H3,(H,17,18,19).